The predicted octanol–water partition coefficient (Wildman–Crippen LogP) is 3.69. The average Bonchev–Trinajstić information content (AvgIpc) is 2.82. The Morgan fingerprint density at radius 1 is 1.15 bits per heavy atom. The third kappa shape index (κ3) is 8.15. The molecule has 1 unspecified atom stereocenters. The number of carbonyl (C=O) groups excluding carboxylic acids is 3. The van der Waals surface area contributed by atoms with Crippen LogP contribution in [0, 0.1) is 5.92 Å². The fourth-order valence-corrected chi connectivity index (χ4v) is 3.98. The minimum Gasteiger partial charge on any atom is -0.456 e. The van der Waals surface area contributed by atoms with Gasteiger partial charge in [0.15, 0.2) is 0 Å². The van der Waals surface area contributed by atoms with E-state index in [1.165, 1.54) is 0 Å². The zero-order valence-corrected chi connectivity index (χ0v) is 20.0. The lowest BCUT2D eigenvalue weighted by Crippen LogP contribution is -2.39. The van der Waals surface area contributed by atoms with Gasteiger partial charge in [0, 0.05) is 30.3 Å². The van der Waals surface area contributed by atoms with Crippen molar-refractivity contribution < 1.29 is 24.2 Å². The average molecular weight is 487 g/mol. The second-order valence-corrected chi connectivity index (χ2v) is 9.41. The summed E-state index contributed by atoms with van der Waals surface area (Å²) in [6, 6.07) is 16.3. The van der Waals surface area contributed by atoms with Crippen LogP contribution in [0.25, 0.3) is 0 Å². The third-order valence-corrected chi connectivity index (χ3v) is 6.26. The van der Waals surface area contributed by atoms with Crippen LogP contribution in [0.3, 0.4) is 0 Å². The van der Waals surface area contributed by atoms with Crippen LogP contribution in [0.15, 0.2) is 54.6 Å². The van der Waals surface area contributed by atoms with Gasteiger partial charge in [-0.25, -0.2) is 0 Å². The van der Waals surface area contributed by atoms with Gasteiger partial charge in [-0.3, -0.25) is 14.4 Å². The molecule has 0 saturated carbocycles. The summed E-state index contributed by atoms with van der Waals surface area (Å²) in [5.41, 5.74) is 0.507. The highest BCUT2D eigenvalue weighted by Gasteiger charge is 2.30. The summed E-state index contributed by atoms with van der Waals surface area (Å²) in [4.78, 5) is 38.0. The monoisotopic (exact) mass is 486 g/mol. The lowest BCUT2D eigenvalue weighted by molar-refractivity contribution is -0.152. The fourth-order valence-electron chi connectivity index (χ4n) is 3.86. The van der Waals surface area contributed by atoms with Crippen molar-refractivity contribution >= 4 is 29.4 Å². The molecule has 1 aliphatic heterocycles. The minimum atomic E-state index is -1.15. The second kappa shape index (κ2) is 12.0. The number of nitrogens with one attached hydrogen (secondary N) is 2. The van der Waals surface area contributed by atoms with E-state index in [-0.39, 0.29) is 44.0 Å². The molecule has 0 radical (unpaired) electrons. The van der Waals surface area contributed by atoms with Gasteiger partial charge in [-0.1, -0.05) is 54.1 Å². The SMILES string of the molecule is CC1(O)CCC(=O)O[C@H](c2ccccc2)CNC(=O)[C@H](CC(=O)NCc2ccc(Cl)cc2)CC1. The van der Waals surface area contributed by atoms with Gasteiger partial charge in [0.2, 0.25) is 11.8 Å². The maximum atomic E-state index is 13.0. The summed E-state index contributed by atoms with van der Waals surface area (Å²) in [6.07, 6.45) is 0.219. The van der Waals surface area contributed by atoms with Crippen molar-refractivity contribution in [1.29, 1.82) is 0 Å². The number of esters is 1. The van der Waals surface area contributed by atoms with Crippen molar-refractivity contribution in [2.24, 2.45) is 5.92 Å². The molecule has 0 aliphatic carbocycles. The number of halogens is 1. The molecule has 2 aromatic carbocycles. The molecule has 1 aliphatic rings. The quantitative estimate of drug-likeness (QED) is 0.559. The number of aliphatic hydroxyl groups is 1. The summed E-state index contributed by atoms with van der Waals surface area (Å²) in [5, 5.41) is 17.0. The maximum Gasteiger partial charge on any atom is 0.306 e. The Morgan fingerprint density at radius 2 is 1.85 bits per heavy atom. The Bertz CT molecular complexity index is 978. The molecule has 2 amide bonds. The van der Waals surface area contributed by atoms with Crippen molar-refractivity contribution in [1.82, 2.24) is 10.6 Å². The fraction of sp³-hybridized carbons (Fsp3) is 0.423. The number of hydrogen-bond donors (Lipinski definition) is 3. The molecule has 1 heterocycles. The minimum absolute atomic E-state index is 0.00864. The first-order valence-electron chi connectivity index (χ1n) is 11.5. The Morgan fingerprint density at radius 3 is 2.56 bits per heavy atom. The van der Waals surface area contributed by atoms with E-state index in [1.54, 1.807) is 19.1 Å². The van der Waals surface area contributed by atoms with Crippen LogP contribution >= 0.6 is 11.6 Å². The molecule has 3 rings (SSSR count). The molecular formula is C26H31ClN2O5. The van der Waals surface area contributed by atoms with Gasteiger partial charge >= 0.3 is 5.97 Å². The van der Waals surface area contributed by atoms with Crippen molar-refractivity contribution in [2.45, 2.75) is 57.3 Å². The van der Waals surface area contributed by atoms with E-state index < -0.39 is 23.6 Å². The van der Waals surface area contributed by atoms with Crippen LogP contribution < -0.4 is 10.6 Å². The highest BCUT2D eigenvalue weighted by atomic mass is 35.5. The van der Waals surface area contributed by atoms with Gasteiger partial charge in [0.1, 0.15) is 6.10 Å². The molecule has 3 atom stereocenters. The lowest BCUT2D eigenvalue weighted by Gasteiger charge is -2.28. The van der Waals surface area contributed by atoms with Gasteiger partial charge in [-0.05, 0) is 49.4 Å². The molecule has 8 heteroatoms. The second-order valence-electron chi connectivity index (χ2n) is 8.97. The van der Waals surface area contributed by atoms with Crippen LogP contribution in [-0.2, 0) is 25.7 Å². The Kier molecular flexibility index (Phi) is 9.07. The van der Waals surface area contributed by atoms with Gasteiger partial charge in [-0.2, -0.15) is 0 Å². The van der Waals surface area contributed by atoms with Gasteiger partial charge in [0.05, 0.1) is 12.1 Å². The number of benzene rings is 2. The van der Waals surface area contributed by atoms with Gasteiger partial charge in [0.25, 0.3) is 0 Å². The molecule has 1 fully saturated rings. The van der Waals surface area contributed by atoms with Crippen molar-refractivity contribution in [2.75, 3.05) is 6.54 Å². The van der Waals surface area contributed by atoms with Gasteiger partial charge in [-0.15, -0.1) is 0 Å². The Balaban J connectivity index is 1.68. The number of ether oxygens (including phenoxy) is 1. The molecule has 3 N–H and O–H groups in total. The summed E-state index contributed by atoms with van der Waals surface area (Å²) in [6.45, 7) is 2.07. The molecule has 0 spiro atoms. The molecule has 0 bridgehead atoms. The maximum absolute atomic E-state index is 13.0. The predicted molar refractivity (Wildman–Crippen MR) is 129 cm³/mol. The number of carbonyl (C=O) groups is 3. The first-order chi connectivity index (χ1) is 16.2. The molecule has 34 heavy (non-hydrogen) atoms. The smallest absolute Gasteiger partial charge is 0.306 e. The largest absolute Gasteiger partial charge is 0.456 e. The van der Waals surface area contributed by atoms with Crippen LogP contribution in [-0.4, -0.2) is 35.0 Å². The topological polar surface area (TPSA) is 105 Å². The summed E-state index contributed by atoms with van der Waals surface area (Å²) < 4.78 is 5.61. The standard InChI is InChI=1S/C26H31ClN2O5/c1-26(33)13-11-20(15-23(30)28-16-18-7-9-21(27)10-8-18)25(32)29-17-22(34-24(31)12-14-26)19-5-3-2-4-6-19/h2-10,20,22,33H,11-17H2,1H3,(H,28,30)(H,29,32)/t20-,22-,26?/m0/s1. The van der Waals surface area contributed by atoms with Crippen LogP contribution in [0.5, 0.6) is 0 Å². The van der Waals surface area contributed by atoms with E-state index in [1.807, 2.05) is 42.5 Å². The van der Waals surface area contributed by atoms with E-state index in [9.17, 15) is 19.5 Å². The van der Waals surface area contributed by atoms with E-state index in [0.717, 1.165) is 11.1 Å². The molecule has 7 nitrogen and oxygen atoms in total. The van der Waals surface area contributed by atoms with E-state index in [0.29, 0.717) is 18.0 Å². The molecular weight excluding hydrogens is 456 g/mol. The van der Waals surface area contributed by atoms with Crippen LogP contribution in [0.1, 0.15) is 56.3 Å². The molecule has 2 aromatic rings. The number of amides is 2. The molecule has 182 valence electrons. The van der Waals surface area contributed by atoms with Crippen molar-refractivity contribution in [3.8, 4) is 0 Å². The zero-order valence-electron chi connectivity index (χ0n) is 19.3. The first kappa shape index (κ1) is 25.7. The normalized spacial score (nSPS) is 24.2. The first-order valence-corrected chi connectivity index (χ1v) is 11.9. The van der Waals surface area contributed by atoms with Crippen molar-refractivity contribution in [3.05, 3.63) is 70.7 Å². The summed E-state index contributed by atoms with van der Waals surface area (Å²) >= 11 is 5.90. The van der Waals surface area contributed by atoms with Crippen LogP contribution in [0.4, 0.5) is 0 Å². The summed E-state index contributed by atoms with van der Waals surface area (Å²) in [5.74, 6) is -1.62. The van der Waals surface area contributed by atoms with E-state index in [4.69, 9.17) is 16.3 Å². The number of rotatable bonds is 5. The Hall–Kier alpha value is -2.90. The lowest BCUT2D eigenvalue weighted by atomic mass is 9.88. The van der Waals surface area contributed by atoms with Gasteiger partial charge < -0.3 is 20.5 Å². The van der Waals surface area contributed by atoms with Crippen molar-refractivity contribution in [3.63, 3.8) is 0 Å². The summed E-state index contributed by atoms with van der Waals surface area (Å²) in [7, 11) is 0. The van der Waals surface area contributed by atoms with E-state index >= 15 is 0 Å². The zero-order chi connectivity index (χ0) is 24.6. The number of hydrogen-bond acceptors (Lipinski definition) is 5. The highest BCUT2D eigenvalue weighted by molar-refractivity contribution is 6.30. The molecule has 0 aromatic heterocycles. The Labute approximate surface area is 204 Å². The third-order valence-electron chi connectivity index (χ3n) is 6.01. The van der Waals surface area contributed by atoms with E-state index in [2.05, 4.69) is 10.6 Å². The number of cyclic esters (lactones) is 1. The van der Waals surface area contributed by atoms with Crippen LogP contribution in [0.2, 0.25) is 5.02 Å². The highest BCUT2D eigenvalue weighted by Crippen LogP contribution is 2.26. The molecule has 1 saturated heterocycles.